The van der Waals surface area contributed by atoms with Crippen LogP contribution in [0, 0.1) is 0 Å². The molecule has 0 atom stereocenters. The number of carbonyl (C=O) groups excluding carboxylic acids is 1. The molecule has 0 aliphatic heterocycles. The lowest BCUT2D eigenvalue weighted by molar-refractivity contribution is -0.114. The number of anilines is 2. The summed E-state index contributed by atoms with van der Waals surface area (Å²) < 4.78 is 0. The molecule has 0 aliphatic carbocycles. The van der Waals surface area contributed by atoms with Crippen LogP contribution in [0.3, 0.4) is 0 Å². The number of carbonyl (C=O) groups is 1. The summed E-state index contributed by atoms with van der Waals surface area (Å²) in [7, 11) is 1.98. The summed E-state index contributed by atoms with van der Waals surface area (Å²) in [6, 6.07) is 3.61. The third-order valence-electron chi connectivity index (χ3n) is 2.19. The van der Waals surface area contributed by atoms with Crippen LogP contribution in [0.4, 0.5) is 11.6 Å². The van der Waals surface area contributed by atoms with Crippen molar-refractivity contribution in [3.8, 4) is 0 Å². The lowest BCUT2D eigenvalue weighted by Crippen LogP contribution is -2.20. The van der Waals surface area contributed by atoms with E-state index >= 15 is 0 Å². The average Bonchev–Trinajstić information content (AvgIpc) is 2.26. The number of aromatic nitrogens is 2. The molecular formula is C11H18N4O. The molecule has 0 aromatic carbocycles. The number of nitrogens with zero attached hydrogens (tertiary/aromatic N) is 3. The monoisotopic (exact) mass is 222 g/mol. The fourth-order valence-electron chi connectivity index (χ4n) is 1.29. The molecule has 0 radical (unpaired) electrons. The van der Waals surface area contributed by atoms with Gasteiger partial charge >= 0.3 is 0 Å². The zero-order chi connectivity index (χ0) is 12.0. The Morgan fingerprint density at radius 3 is 2.69 bits per heavy atom. The van der Waals surface area contributed by atoms with Crippen LogP contribution in [0.1, 0.15) is 26.7 Å². The topological polar surface area (TPSA) is 58.1 Å². The minimum atomic E-state index is -0.138. The van der Waals surface area contributed by atoms with Crippen molar-refractivity contribution in [2.24, 2.45) is 0 Å². The van der Waals surface area contributed by atoms with E-state index in [1.54, 1.807) is 6.07 Å². The van der Waals surface area contributed by atoms with Gasteiger partial charge in [-0.15, -0.1) is 10.2 Å². The zero-order valence-corrected chi connectivity index (χ0v) is 10.0. The number of unbranched alkanes of at least 4 members (excludes halogenated alkanes) is 1. The molecule has 0 bridgehead atoms. The van der Waals surface area contributed by atoms with Crippen molar-refractivity contribution in [2.75, 3.05) is 23.8 Å². The van der Waals surface area contributed by atoms with E-state index in [1.165, 1.54) is 6.92 Å². The van der Waals surface area contributed by atoms with E-state index in [0.717, 1.165) is 25.2 Å². The standard InChI is InChI=1S/C11H18N4O/c1-4-5-8-15(3)11-7-6-10(13-14-11)12-9(2)16/h6-7H,4-5,8H2,1-3H3,(H,12,13,16). The van der Waals surface area contributed by atoms with Crippen molar-refractivity contribution >= 4 is 17.5 Å². The van der Waals surface area contributed by atoms with Gasteiger partial charge < -0.3 is 10.2 Å². The first kappa shape index (κ1) is 12.4. The number of amides is 1. The number of nitrogens with one attached hydrogen (secondary N) is 1. The number of hydrogen-bond donors (Lipinski definition) is 1. The van der Waals surface area contributed by atoms with Crippen LogP contribution in [-0.2, 0) is 4.79 Å². The summed E-state index contributed by atoms with van der Waals surface area (Å²) in [6.45, 7) is 4.56. The van der Waals surface area contributed by atoms with E-state index in [2.05, 4.69) is 22.4 Å². The van der Waals surface area contributed by atoms with Crippen molar-refractivity contribution < 1.29 is 4.79 Å². The van der Waals surface area contributed by atoms with Gasteiger partial charge in [0.25, 0.3) is 0 Å². The summed E-state index contributed by atoms with van der Waals surface area (Å²) in [5.41, 5.74) is 0. The summed E-state index contributed by atoms with van der Waals surface area (Å²) in [5.74, 6) is 1.17. The highest BCUT2D eigenvalue weighted by molar-refractivity contribution is 5.87. The quantitative estimate of drug-likeness (QED) is 0.823. The van der Waals surface area contributed by atoms with Crippen molar-refractivity contribution in [3.63, 3.8) is 0 Å². The molecule has 1 N–H and O–H groups in total. The molecule has 0 saturated heterocycles. The minimum absolute atomic E-state index is 0.138. The molecular weight excluding hydrogens is 204 g/mol. The molecule has 1 amide bonds. The van der Waals surface area contributed by atoms with E-state index in [-0.39, 0.29) is 5.91 Å². The Hall–Kier alpha value is -1.65. The summed E-state index contributed by atoms with van der Waals surface area (Å²) >= 11 is 0. The molecule has 1 aromatic rings. The van der Waals surface area contributed by atoms with E-state index in [1.807, 2.05) is 18.0 Å². The molecule has 0 fully saturated rings. The lowest BCUT2D eigenvalue weighted by atomic mass is 10.3. The summed E-state index contributed by atoms with van der Waals surface area (Å²) in [4.78, 5) is 12.8. The van der Waals surface area contributed by atoms with Crippen molar-refractivity contribution in [3.05, 3.63) is 12.1 Å². The van der Waals surface area contributed by atoms with Gasteiger partial charge in [0.1, 0.15) is 0 Å². The molecule has 0 saturated carbocycles. The van der Waals surface area contributed by atoms with E-state index in [0.29, 0.717) is 5.82 Å². The fraction of sp³-hybridized carbons (Fsp3) is 0.545. The zero-order valence-electron chi connectivity index (χ0n) is 10.0. The Morgan fingerprint density at radius 1 is 1.44 bits per heavy atom. The number of rotatable bonds is 5. The van der Waals surface area contributed by atoms with Crippen LogP contribution in [0.25, 0.3) is 0 Å². The predicted molar refractivity (Wildman–Crippen MR) is 64.5 cm³/mol. The van der Waals surface area contributed by atoms with Gasteiger partial charge in [-0.2, -0.15) is 0 Å². The molecule has 0 spiro atoms. The first-order valence-electron chi connectivity index (χ1n) is 5.46. The predicted octanol–water partition coefficient (Wildman–Crippen LogP) is 1.67. The summed E-state index contributed by atoms with van der Waals surface area (Å²) in [6.07, 6.45) is 2.29. The highest BCUT2D eigenvalue weighted by atomic mass is 16.1. The van der Waals surface area contributed by atoms with Gasteiger partial charge in [-0.05, 0) is 18.6 Å². The van der Waals surface area contributed by atoms with Gasteiger partial charge in [0.2, 0.25) is 5.91 Å². The van der Waals surface area contributed by atoms with Crippen LogP contribution in [-0.4, -0.2) is 29.7 Å². The SMILES string of the molecule is CCCCN(C)c1ccc(NC(C)=O)nn1. The average molecular weight is 222 g/mol. The molecule has 88 valence electrons. The second-order valence-corrected chi connectivity index (χ2v) is 3.73. The fourth-order valence-corrected chi connectivity index (χ4v) is 1.29. The molecule has 1 rings (SSSR count). The van der Waals surface area contributed by atoms with Crippen molar-refractivity contribution in [2.45, 2.75) is 26.7 Å². The molecule has 0 aliphatic rings. The van der Waals surface area contributed by atoms with E-state index in [9.17, 15) is 4.79 Å². The first-order chi connectivity index (χ1) is 7.63. The highest BCUT2D eigenvalue weighted by Gasteiger charge is 2.03. The lowest BCUT2D eigenvalue weighted by Gasteiger charge is -2.16. The van der Waals surface area contributed by atoms with Gasteiger partial charge in [0, 0.05) is 20.5 Å². The third kappa shape index (κ3) is 3.84. The van der Waals surface area contributed by atoms with Gasteiger partial charge in [0.05, 0.1) is 0 Å². The summed E-state index contributed by atoms with van der Waals surface area (Å²) in [5, 5.41) is 10.6. The van der Waals surface area contributed by atoms with Crippen LogP contribution >= 0.6 is 0 Å². The maximum absolute atomic E-state index is 10.8. The molecule has 0 unspecified atom stereocenters. The minimum Gasteiger partial charge on any atom is -0.358 e. The molecule has 5 nitrogen and oxygen atoms in total. The second-order valence-electron chi connectivity index (χ2n) is 3.73. The Morgan fingerprint density at radius 2 is 2.19 bits per heavy atom. The van der Waals surface area contributed by atoms with Crippen molar-refractivity contribution in [1.82, 2.24) is 10.2 Å². The van der Waals surface area contributed by atoms with Crippen LogP contribution < -0.4 is 10.2 Å². The third-order valence-corrected chi connectivity index (χ3v) is 2.19. The van der Waals surface area contributed by atoms with Gasteiger partial charge in [-0.1, -0.05) is 13.3 Å². The molecule has 1 aromatic heterocycles. The first-order valence-corrected chi connectivity index (χ1v) is 5.46. The number of hydrogen-bond acceptors (Lipinski definition) is 4. The van der Waals surface area contributed by atoms with Gasteiger partial charge in [0.15, 0.2) is 11.6 Å². The molecule has 16 heavy (non-hydrogen) atoms. The Balaban J connectivity index is 2.59. The Bertz CT molecular complexity index is 336. The normalized spacial score (nSPS) is 9.94. The van der Waals surface area contributed by atoms with Crippen molar-refractivity contribution in [1.29, 1.82) is 0 Å². The van der Waals surface area contributed by atoms with E-state index < -0.39 is 0 Å². The molecule has 5 heteroatoms. The second kappa shape index (κ2) is 6.05. The Labute approximate surface area is 95.9 Å². The maximum atomic E-state index is 10.8. The maximum Gasteiger partial charge on any atom is 0.222 e. The largest absolute Gasteiger partial charge is 0.358 e. The Kier molecular flexibility index (Phi) is 4.69. The van der Waals surface area contributed by atoms with Gasteiger partial charge in [-0.25, -0.2) is 0 Å². The van der Waals surface area contributed by atoms with Crippen LogP contribution in [0.2, 0.25) is 0 Å². The smallest absolute Gasteiger partial charge is 0.222 e. The molecule has 1 heterocycles. The van der Waals surface area contributed by atoms with Gasteiger partial charge in [-0.3, -0.25) is 4.79 Å². The van der Waals surface area contributed by atoms with Crippen LogP contribution in [0.5, 0.6) is 0 Å². The highest BCUT2D eigenvalue weighted by Crippen LogP contribution is 2.10. The van der Waals surface area contributed by atoms with E-state index in [4.69, 9.17) is 0 Å². The van der Waals surface area contributed by atoms with Crippen LogP contribution in [0.15, 0.2) is 12.1 Å².